The molecule has 14 heavy (non-hydrogen) atoms. The zero-order chi connectivity index (χ0) is 9.97. The van der Waals surface area contributed by atoms with E-state index in [0.29, 0.717) is 0 Å². The summed E-state index contributed by atoms with van der Waals surface area (Å²) in [5.41, 5.74) is 1.26. The molecule has 76 valence electrons. The van der Waals surface area contributed by atoms with E-state index in [2.05, 4.69) is 0 Å². The second-order valence-electron chi connectivity index (χ2n) is 3.43. The maximum atomic E-state index is 5.78. The molecule has 0 aromatic heterocycles. The van der Waals surface area contributed by atoms with E-state index >= 15 is 0 Å². The van der Waals surface area contributed by atoms with Crippen molar-refractivity contribution in [2.45, 2.75) is 32.3 Å². The van der Waals surface area contributed by atoms with E-state index in [1.54, 1.807) is 0 Å². The summed E-state index contributed by atoms with van der Waals surface area (Å²) in [6.07, 6.45) is 1.84. The minimum Gasteiger partial charge on any atom is -0.324 e. The smallest absolute Gasteiger partial charge is 0.164 e. The molecule has 1 heterocycles. The van der Waals surface area contributed by atoms with Crippen LogP contribution < -0.4 is 0 Å². The molecule has 1 aliphatic heterocycles. The van der Waals surface area contributed by atoms with Crippen LogP contribution >= 0.6 is 11.6 Å². The third kappa shape index (κ3) is 2.47. The van der Waals surface area contributed by atoms with Crippen molar-refractivity contribution in [1.82, 2.24) is 0 Å². The van der Waals surface area contributed by atoms with Gasteiger partial charge in [0.15, 0.2) is 12.6 Å². The third-order valence-electron chi connectivity index (χ3n) is 2.27. The molecule has 0 bridgehead atoms. The normalized spacial score (nSPS) is 25.9. The SMILES string of the molecule is CC1OC(CCc2ccc(Cl)cc2)O1. The van der Waals surface area contributed by atoms with Crippen molar-refractivity contribution in [3.8, 4) is 0 Å². The van der Waals surface area contributed by atoms with E-state index in [9.17, 15) is 0 Å². The molecular weight excluding hydrogens is 200 g/mol. The van der Waals surface area contributed by atoms with Crippen molar-refractivity contribution in [2.75, 3.05) is 0 Å². The molecule has 0 unspecified atom stereocenters. The van der Waals surface area contributed by atoms with Gasteiger partial charge in [-0.2, -0.15) is 0 Å². The van der Waals surface area contributed by atoms with E-state index < -0.39 is 0 Å². The largest absolute Gasteiger partial charge is 0.324 e. The lowest BCUT2D eigenvalue weighted by Crippen LogP contribution is -2.38. The maximum Gasteiger partial charge on any atom is 0.164 e. The lowest BCUT2D eigenvalue weighted by atomic mass is 10.1. The fourth-order valence-electron chi connectivity index (χ4n) is 1.51. The van der Waals surface area contributed by atoms with Crippen LogP contribution in [0.2, 0.25) is 5.02 Å². The number of hydrogen-bond donors (Lipinski definition) is 0. The zero-order valence-corrected chi connectivity index (χ0v) is 8.83. The fraction of sp³-hybridized carbons (Fsp3) is 0.455. The fourth-order valence-corrected chi connectivity index (χ4v) is 1.64. The molecule has 1 saturated heterocycles. The molecule has 3 heteroatoms. The van der Waals surface area contributed by atoms with Gasteiger partial charge in [-0.25, -0.2) is 0 Å². The van der Waals surface area contributed by atoms with Gasteiger partial charge in [0.25, 0.3) is 0 Å². The first-order valence-corrected chi connectivity index (χ1v) is 5.17. The highest BCUT2D eigenvalue weighted by molar-refractivity contribution is 6.30. The Labute approximate surface area is 88.8 Å². The van der Waals surface area contributed by atoms with Gasteiger partial charge >= 0.3 is 0 Å². The van der Waals surface area contributed by atoms with Gasteiger partial charge in [-0.05, 0) is 31.0 Å². The van der Waals surface area contributed by atoms with E-state index in [1.807, 2.05) is 31.2 Å². The average molecular weight is 213 g/mol. The first kappa shape index (κ1) is 9.97. The van der Waals surface area contributed by atoms with Crippen molar-refractivity contribution >= 4 is 11.6 Å². The second kappa shape index (κ2) is 4.30. The van der Waals surface area contributed by atoms with Crippen molar-refractivity contribution in [3.05, 3.63) is 34.9 Å². The van der Waals surface area contributed by atoms with Crippen LogP contribution in [0.15, 0.2) is 24.3 Å². The Morgan fingerprint density at radius 1 is 1.21 bits per heavy atom. The Kier molecular flexibility index (Phi) is 3.06. The molecule has 0 N–H and O–H groups in total. The number of aryl methyl sites for hydroxylation is 1. The molecule has 0 aliphatic carbocycles. The van der Waals surface area contributed by atoms with Gasteiger partial charge in [-0.15, -0.1) is 0 Å². The molecule has 0 amide bonds. The van der Waals surface area contributed by atoms with Crippen molar-refractivity contribution in [1.29, 1.82) is 0 Å². The Bertz CT molecular complexity index is 291. The summed E-state index contributed by atoms with van der Waals surface area (Å²) in [6, 6.07) is 7.87. The highest BCUT2D eigenvalue weighted by Gasteiger charge is 2.25. The lowest BCUT2D eigenvalue weighted by Gasteiger charge is -2.33. The predicted molar refractivity (Wildman–Crippen MR) is 55.2 cm³/mol. The van der Waals surface area contributed by atoms with E-state index in [0.717, 1.165) is 17.9 Å². The van der Waals surface area contributed by atoms with Crippen LogP contribution in [0.3, 0.4) is 0 Å². The molecule has 1 aromatic rings. The Balaban J connectivity index is 1.78. The minimum atomic E-state index is -0.0229. The number of ether oxygens (including phenoxy) is 2. The monoisotopic (exact) mass is 212 g/mol. The van der Waals surface area contributed by atoms with Gasteiger partial charge in [-0.1, -0.05) is 23.7 Å². The van der Waals surface area contributed by atoms with Gasteiger partial charge in [-0.3, -0.25) is 0 Å². The van der Waals surface area contributed by atoms with E-state index in [4.69, 9.17) is 21.1 Å². The topological polar surface area (TPSA) is 18.5 Å². The number of halogens is 1. The Hall–Kier alpha value is -0.570. The van der Waals surface area contributed by atoms with E-state index in [-0.39, 0.29) is 12.6 Å². The zero-order valence-electron chi connectivity index (χ0n) is 8.07. The number of benzene rings is 1. The highest BCUT2D eigenvalue weighted by Crippen LogP contribution is 2.21. The van der Waals surface area contributed by atoms with Gasteiger partial charge in [0.2, 0.25) is 0 Å². The van der Waals surface area contributed by atoms with Gasteiger partial charge < -0.3 is 9.47 Å². The van der Waals surface area contributed by atoms with Gasteiger partial charge in [0.1, 0.15) is 0 Å². The van der Waals surface area contributed by atoms with Crippen molar-refractivity contribution < 1.29 is 9.47 Å². The maximum absolute atomic E-state index is 5.78. The predicted octanol–water partition coefficient (Wildman–Crippen LogP) is 2.99. The molecule has 1 fully saturated rings. The number of rotatable bonds is 3. The number of hydrogen-bond acceptors (Lipinski definition) is 2. The van der Waals surface area contributed by atoms with Crippen LogP contribution in [0.1, 0.15) is 18.9 Å². The van der Waals surface area contributed by atoms with Crippen molar-refractivity contribution in [2.24, 2.45) is 0 Å². The second-order valence-corrected chi connectivity index (χ2v) is 3.87. The Morgan fingerprint density at radius 2 is 1.86 bits per heavy atom. The third-order valence-corrected chi connectivity index (χ3v) is 2.52. The molecule has 0 atom stereocenters. The molecule has 0 saturated carbocycles. The van der Waals surface area contributed by atoms with Crippen LogP contribution in [0, 0.1) is 0 Å². The summed E-state index contributed by atoms with van der Waals surface area (Å²) >= 11 is 5.78. The first-order chi connectivity index (χ1) is 6.74. The molecule has 1 aromatic carbocycles. The molecule has 0 spiro atoms. The van der Waals surface area contributed by atoms with E-state index in [1.165, 1.54) is 5.56 Å². The minimum absolute atomic E-state index is 0.0133. The summed E-state index contributed by atoms with van der Waals surface area (Å²) in [7, 11) is 0. The quantitative estimate of drug-likeness (QED) is 0.767. The standard InChI is InChI=1S/C11H13ClO2/c1-8-13-11(14-8)7-4-9-2-5-10(12)6-3-9/h2-3,5-6,8,11H,4,7H2,1H3. The summed E-state index contributed by atoms with van der Waals surface area (Å²) < 4.78 is 10.7. The molecule has 0 radical (unpaired) electrons. The highest BCUT2D eigenvalue weighted by atomic mass is 35.5. The molecule has 2 rings (SSSR count). The molecule has 2 nitrogen and oxygen atoms in total. The average Bonchev–Trinajstić information content (AvgIpc) is 2.13. The van der Waals surface area contributed by atoms with Crippen molar-refractivity contribution in [3.63, 3.8) is 0 Å². The summed E-state index contributed by atoms with van der Waals surface area (Å²) in [4.78, 5) is 0. The summed E-state index contributed by atoms with van der Waals surface area (Å²) in [6.45, 7) is 1.90. The summed E-state index contributed by atoms with van der Waals surface area (Å²) in [5.74, 6) is 0. The molecule has 1 aliphatic rings. The Morgan fingerprint density at radius 3 is 2.43 bits per heavy atom. The van der Waals surface area contributed by atoms with Crippen LogP contribution in [0.25, 0.3) is 0 Å². The lowest BCUT2D eigenvalue weighted by molar-refractivity contribution is -0.376. The van der Waals surface area contributed by atoms with Crippen LogP contribution in [0.5, 0.6) is 0 Å². The first-order valence-electron chi connectivity index (χ1n) is 4.79. The van der Waals surface area contributed by atoms with Crippen LogP contribution in [-0.4, -0.2) is 12.6 Å². The summed E-state index contributed by atoms with van der Waals surface area (Å²) in [5, 5.41) is 0.776. The molecular formula is C11H13ClO2. The van der Waals surface area contributed by atoms with Crippen LogP contribution in [0.4, 0.5) is 0 Å². The van der Waals surface area contributed by atoms with Gasteiger partial charge in [0.05, 0.1) is 0 Å². The van der Waals surface area contributed by atoms with Crippen LogP contribution in [-0.2, 0) is 15.9 Å². The van der Waals surface area contributed by atoms with Gasteiger partial charge in [0, 0.05) is 11.4 Å².